The van der Waals surface area contributed by atoms with Gasteiger partial charge in [-0.1, -0.05) is 36.4 Å². The molecule has 0 fully saturated rings. The van der Waals surface area contributed by atoms with E-state index < -0.39 is 11.8 Å². The van der Waals surface area contributed by atoms with Crippen LogP contribution >= 0.6 is 0 Å². The summed E-state index contributed by atoms with van der Waals surface area (Å²) in [6.07, 6.45) is 7.56. The number of aromatic nitrogens is 2. The fourth-order valence-electron chi connectivity index (χ4n) is 4.30. The zero-order valence-corrected chi connectivity index (χ0v) is 19.9. The standard InChI is InChI=1S/C28H28N6O2/c35-27(33-23-5-1-19(2-6-23)21-9-13-29-14-10-21)25-17-26(32-18-31-25)28(36)34-24-7-3-20(4-8-24)22-11-15-30-16-12-22/h1-9,11,17-18,29-30H,10,12-16H2,(H,33,35)(H,34,36). The van der Waals surface area contributed by atoms with Gasteiger partial charge in [-0.05, 0) is 72.5 Å². The van der Waals surface area contributed by atoms with Gasteiger partial charge >= 0.3 is 0 Å². The molecule has 3 aromatic rings. The summed E-state index contributed by atoms with van der Waals surface area (Å²) in [5.41, 5.74) is 6.46. The summed E-state index contributed by atoms with van der Waals surface area (Å²) in [6, 6.07) is 16.9. The highest BCUT2D eigenvalue weighted by Crippen LogP contribution is 2.23. The highest BCUT2D eigenvalue weighted by Gasteiger charge is 2.15. The number of rotatable bonds is 6. The molecule has 36 heavy (non-hydrogen) atoms. The smallest absolute Gasteiger partial charge is 0.274 e. The molecule has 0 atom stereocenters. The Morgan fingerprint density at radius 3 is 1.50 bits per heavy atom. The van der Waals surface area contributed by atoms with E-state index in [0.29, 0.717) is 11.4 Å². The molecule has 0 saturated heterocycles. The molecule has 0 saturated carbocycles. The maximum absolute atomic E-state index is 12.8. The second-order valence-electron chi connectivity index (χ2n) is 8.72. The maximum atomic E-state index is 12.8. The van der Waals surface area contributed by atoms with Gasteiger partial charge in [0.1, 0.15) is 17.7 Å². The van der Waals surface area contributed by atoms with Crippen molar-refractivity contribution in [1.82, 2.24) is 20.6 Å². The first-order valence-corrected chi connectivity index (χ1v) is 12.1. The summed E-state index contributed by atoms with van der Waals surface area (Å²) in [5, 5.41) is 12.3. The molecule has 8 heteroatoms. The number of nitrogens with zero attached hydrogens (tertiary/aromatic N) is 2. The predicted molar refractivity (Wildman–Crippen MR) is 142 cm³/mol. The zero-order chi connectivity index (χ0) is 24.7. The van der Waals surface area contributed by atoms with Gasteiger partial charge in [-0.25, -0.2) is 9.97 Å². The fourth-order valence-corrected chi connectivity index (χ4v) is 4.30. The summed E-state index contributed by atoms with van der Waals surface area (Å²) in [6.45, 7) is 3.68. The van der Waals surface area contributed by atoms with Crippen molar-refractivity contribution in [2.75, 3.05) is 36.8 Å². The van der Waals surface area contributed by atoms with Crippen LogP contribution in [0.25, 0.3) is 11.1 Å². The van der Waals surface area contributed by atoms with Crippen LogP contribution in [0.15, 0.2) is 73.1 Å². The third-order valence-electron chi connectivity index (χ3n) is 6.29. The van der Waals surface area contributed by atoms with E-state index in [0.717, 1.165) is 50.1 Å². The van der Waals surface area contributed by atoms with E-state index in [2.05, 4.69) is 43.4 Å². The molecule has 4 N–H and O–H groups in total. The van der Waals surface area contributed by atoms with Gasteiger partial charge in [0.15, 0.2) is 0 Å². The van der Waals surface area contributed by atoms with Crippen LogP contribution in [-0.2, 0) is 0 Å². The molecular weight excluding hydrogens is 452 g/mol. The number of carbonyl (C=O) groups is 2. The molecule has 2 aliphatic rings. The SMILES string of the molecule is O=C(Nc1ccc(C2=CCNCC2)cc1)c1cc(C(=O)Nc2ccc(C3=CCNCC3)cc2)ncn1. The van der Waals surface area contributed by atoms with E-state index in [1.54, 1.807) is 0 Å². The van der Waals surface area contributed by atoms with Gasteiger partial charge in [0.25, 0.3) is 11.8 Å². The Kier molecular flexibility index (Phi) is 7.25. The van der Waals surface area contributed by atoms with Crippen molar-refractivity contribution >= 4 is 34.3 Å². The molecule has 182 valence electrons. The Labute approximate surface area is 209 Å². The Hall–Kier alpha value is -4.14. The third-order valence-corrected chi connectivity index (χ3v) is 6.29. The highest BCUT2D eigenvalue weighted by molar-refractivity contribution is 6.07. The second kappa shape index (κ2) is 11.1. The number of carbonyl (C=O) groups excluding carboxylic acids is 2. The molecule has 2 amide bonds. The Balaban J connectivity index is 1.21. The monoisotopic (exact) mass is 480 g/mol. The molecule has 2 aromatic carbocycles. The molecule has 1 aromatic heterocycles. The molecule has 5 rings (SSSR count). The van der Waals surface area contributed by atoms with Gasteiger partial charge in [0.05, 0.1) is 0 Å². The van der Waals surface area contributed by atoms with Crippen molar-refractivity contribution < 1.29 is 9.59 Å². The van der Waals surface area contributed by atoms with Gasteiger partial charge in [-0.15, -0.1) is 0 Å². The molecule has 8 nitrogen and oxygen atoms in total. The lowest BCUT2D eigenvalue weighted by Crippen LogP contribution is -2.20. The Morgan fingerprint density at radius 2 is 1.11 bits per heavy atom. The van der Waals surface area contributed by atoms with Crippen LogP contribution in [0.2, 0.25) is 0 Å². The zero-order valence-electron chi connectivity index (χ0n) is 19.9. The van der Waals surface area contributed by atoms with Crippen LogP contribution in [0, 0.1) is 0 Å². The van der Waals surface area contributed by atoms with Crippen molar-refractivity contribution in [1.29, 1.82) is 0 Å². The summed E-state index contributed by atoms with van der Waals surface area (Å²) >= 11 is 0. The predicted octanol–water partition coefficient (Wildman–Crippen LogP) is 3.73. The van der Waals surface area contributed by atoms with Crippen LogP contribution in [0.3, 0.4) is 0 Å². The third kappa shape index (κ3) is 5.73. The van der Waals surface area contributed by atoms with Gasteiger partial charge < -0.3 is 21.3 Å². The van der Waals surface area contributed by atoms with E-state index in [4.69, 9.17) is 0 Å². The topological polar surface area (TPSA) is 108 Å². The number of anilines is 2. The van der Waals surface area contributed by atoms with Crippen LogP contribution in [-0.4, -0.2) is 48.0 Å². The number of nitrogens with one attached hydrogen (secondary N) is 4. The van der Waals surface area contributed by atoms with Crippen LogP contribution in [0.5, 0.6) is 0 Å². The summed E-state index contributed by atoms with van der Waals surface area (Å²) < 4.78 is 0. The lowest BCUT2D eigenvalue weighted by Gasteiger charge is -2.15. The molecule has 0 spiro atoms. The van der Waals surface area contributed by atoms with Crippen molar-refractivity contribution in [3.63, 3.8) is 0 Å². The Morgan fingerprint density at radius 1 is 0.667 bits per heavy atom. The minimum absolute atomic E-state index is 0.119. The average Bonchev–Trinajstić information content (AvgIpc) is 2.95. The van der Waals surface area contributed by atoms with Crippen LogP contribution < -0.4 is 21.3 Å². The minimum atomic E-state index is -0.403. The lowest BCUT2D eigenvalue weighted by molar-refractivity contribution is 0.102. The first kappa shape index (κ1) is 23.6. The normalized spacial score (nSPS) is 15.4. The number of hydrogen-bond acceptors (Lipinski definition) is 6. The van der Waals surface area contributed by atoms with Crippen molar-refractivity contribution in [3.8, 4) is 0 Å². The van der Waals surface area contributed by atoms with Gasteiger partial charge in [-0.3, -0.25) is 9.59 Å². The molecular formula is C28H28N6O2. The molecule has 0 unspecified atom stereocenters. The van der Waals surface area contributed by atoms with Crippen molar-refractivity contribution in [3.05, 3.63) is 95.6 Å². The van der Waals surface area contributed by atoms with Crippen molar-refractivity contribution in [2.24, 2.45) is 0 Å². The maximum Gasteiger partial charge on any atom is 0.274 e. The summed E-state index contributed by atoms with van der Waals surface area (Å²) in [7, 11) is 0. The van der Waals surface area contributed by atoms with Crippen LogP contribution in [0.4, 0.5) is 11.4 Å². The van der Waals surface area contributed by atoms with Gasteiger partial charge in [0.2, 0.25) is 0 Å². The summed E-state index contributed by atoms with van der Waals surface area (Å²) in [5.74, 6) is -0.806. The number of benzene rings is 2. The first-order valence-electron chi connectivity index (χ1n) is 12.1. The lowest BCUT2D eigenvalue weighted by atomic mass is 10.00. The quantitative estimate of drug-likeness (QED) is 0.428. The first-order chi connectivity index (χ1) is 17.7. The van der Waals surface area contributed by atoms with Gasteiger partial charge in [-0.2, -0.15) is 0 Å². The molecule has 0 radical (unpaired) electrons. The molecule has 2 aliphatic heterocycles. The molecule has 3 heterocycles. The van der Waals surface area contributed by atoms with Crippen LogP contribution in [0.1, 0.15) is 44.9 Å². The van der Waals surface area contributed by atoms with E-state index >= 15 is 0 Å². The van der Waals surface area contributed by atoms with Gasteiger partial charge in [0, 0.05) is 30.5 Å². The Bertz CT molecular complexity index is 1210. The van der Waals surface area contributed by atoms with E-state index in [1.165, 1.54) is 23.5 Å². The summed E-state index contributed by atoms with van der Waals surface area (Å²) in [4.78, 5) is 33.6. The fraction of sp³-hybridized carbons (Fsp3) is 0.214. The number of amides is 2. The average molecular weight is 481 g/mol. The molecule has 0 bridgehead atoms. The molecule has 0 aliphatic carbocycles. The largest absolute Gasteiger partial charge is 0.321 e. The van der Waals surface area contributed by atoms with E-state index in [9.17, 15) is 9.59 Å². The minimum Gasteiger partial charge on any atom is -0.321 e. The van der Waals surface area contributed by atoms with E-state index in [1.807, 2.05) is 48.5 Å². The van der Waals surface area contributed by atoms with Crippen molar-refractivity contribution in [2.45, 2.75) is 12.8 Å². The highest BCUT2D eigenvalue weighted by atomic mass is 16.2. The van der Waals surface area contributed by atoms with E-state index in [-0.39, 0.29) is 11.4 Å². The second-order valence-corrected chi connectivity index (χ2v) is 8.72. The number of hydrogen-bond donors (Lipinski definition) is 4.